The van der Waals surface area contributed by atoms with Crippen LogP contribution in [0.15, 0.2) is 41.8 Å². The Hall–Kier alpha value is -2.02. The topological polar surface area (TPSA) is 51.1 Å². The number of hydrogen-bond donors (Lipinski definition) is 0. The Labute approximate surface area is 161 Å². The van der Waals surface area contributed by atoms with E-state index in [2.05, 4.69) is 22.1 Å². The molecule has 0 amide bonds. The lowest BCUT2D eigenvalue weighted by molar-refractivity contribution is 0.110. The summed E-state index contributed by atoms with van der Waals surface area (Å²) < 4.78 is 6.29. The lowest BCUT2D eigenvalue weighted by atomic mass is 10.1. The Morgan fingerprint density at radius 2 is 1.88 bits per heavy atom. The van der Waals surface area contributed by atoms with E-state index in [1.54, 1.807) is 11.3 Å². The van der Waals surface area contributed by atoms with Crippen LogP contribution in [0.5, 0.6) is 5.88 Å². The second kappa shape index (κ2) is 7.70. The summed E-state index contributed by atoms with van der Waals surface area (Å²) in [5, 5.41) is 11.4. The fourth-order valence-electron chi connectivity index (χ4n) is 2.95. The molecule has 1 aliphatic heterocycles. The second-order valence-electron chi connectivity index (χ2n) is 6.39. The molecule has 7 heteroatoms. The largest absolute Gasteiger partial charge is 0.473 e. The summed E-state index contributed by atoms with van der Waals surface area (Å²) in [5.74, 6) is 1.14. The summed E-state index contributed by atoms with van der Waals surface area (Å²) in [6.07, 6.45) is 2.11. The number of benzene rings is 1. The van der Waals surface area contributed by atoms with E-state index in [1.165, 1.54) is 0 Å². The molecule has 0 saturated carbocycles. The molecular weight excluding hydrogens is 368 g/mol. The number of piperidine rings is 1. The smallest absolute Gasteiger partial charge is 0.244 e. The number of ether oxygens (including phenoxy) is 1. The molecule has 0 aliphatic carbocycles. The summed E-state index contributed by atoms with van der Waals surface area (Å²) >= 11 is 7.60. The van der Waals surface area contributed by atoms with Crippen molar-refractivity contribution in [1.82, 2.24) is 20.1 Å². The molecule has 0 N–H and O–H groups in total. The summed E-state index contributed by atoms with van der Waals surface area (Å²) in [7, 11) is 2.14. The lowest BCUT2D eigenvalue weighted by Crippen LogP contribution is -2.36. The third kappa shape index (κ3) is 3.87. The van der Waals surface area contributed by atoms with Crippen molar-refractivity contribution in [3.05, 3.63) is 46.8 Å². The SMILES string of the molecule is CN1CCC(Oc2nc(-c3cccs3)nnc2-c2ccc(Cl)cc2)CC1. The molecule has 134 valence electrons. The zero-order valence-electron chi connectivity index (χ0n) is 14.4. The minimum atomic E-state index is 0.144. The van der Waals surface area contributed by atoms with E-state index >= 15 is 0 Å². The van der Waals surface area contributed by atoms with Crippen molar-refractivity contribution in [2.24, 2.45) is 0 Å². The van der Waals surface area contributed by atoms with Gasteiger partial charge in [-0.25, -0.2) is 0 Å². The number of aromatic nitrogens is 3. The Kier molecular flexibility index (Phi) is 5.15. The molecule has 0 atom stereocenters. The maximum absolute atomic E-state index is 6.29. The lowest BCUT2D eigenvalue weighted by Gasteiger charge is -2.29. The molecule has 0 bridgehead atoms. The van der Waals surface area contributed by atoms with Gasteiger partial charge >= 0.3 is 0 Å². The van der Waals surface area contributed by atoms with E-state index < -0.39 is 0 Å². The highest BCUT2D eigenvalue weighted by atomic mass is 35.5. The Morgan fingerprint density at radius 3 is 2.58 bits per heavy atom. The molecule has 3 heterocycles. The number of halogens is 1. The second-order valence-corrected chi connectivity index (χ2v) is 7.78. The Balaban J connectivity index is 1.69. The predicted octanol–water partition coefficient (Wildman–Crippen LogP) is 4.39. The molecule has 4 rings (SSSR count). The highest BCUT2D eigenvalue weighted by Gasteiger charge is 2.22. The fraction of sp³-hybridized carbons (Fsp3) is 0.316. The average molecular weight is 387 g/mol. The van der Waals surface area contributed by atoms with Crippen LogP contribution in [0.3, 0.4) is 0 Å². The molecule has 1 aromatic carbocycles. The maximum Gasteiger partial charge on any atom is 0.244 e. The van der Waals surface area contributed by atoms with Gasteiger partial charge in [0.05, 0.1) is 4.88 Å². The van der Waals surface area contributed by atoms with E-state index in [1.807, 2.05) is 41.8 Å². The molecule has 0 unspecified atom stereocenters. The highest BCUT2D eigenvalue weighted by molar-refractivity contribution is 7.13. The first-order chi connectivity index (χ1) is 12.7. The molecule has 2 aromatic heterocycles. The summed E-state index contributed by atoms with van der Waals surface area (Å²) in [4.78, 5) is 7.99. The molecule has 0 radical (unpaired) electrons. The van der Waals surface area contributed by atoms with Gasteiger partial charge < -0.3 is 9.64 Å². The minimum Gasteiger partial charge on any atom is -0.473 e. The fourth-order valence-corrected chi connectivity index (χ4v) is 3.73. The zero-order valence-corrected chi connectivity index (χ0v) is 16.0. The summed E-state index contributed by atoms with van der Waals surface area (Å²) in [5.41, 5.74) is 1.55. The molecular formula is C19H19ClN4OS. The number of nitrogens with zero attached hydrogens (tertiary/aromatic N) is 4. The van der Waals surface area contributed by atoms with Crippen LogP contribution in [0.25, 0.3) is 22.0 Å². The average Bonchev–Trinajstić information content (AvgIpc) is 3.19. The van der Waals surface area contributed by atoms with Crippen LogP contribution >= 0.6 is 22.9 Å². The van der Waals surface area contributed by atoms with Crippen molar-refractivity contribution in [2.45, 2.75) is 18.9 Å². The normalized spacial score (nSPS) is 15.9. The van der Waals surface area contributed by atoms with Crippen molar-refractivity contribution in [2.75, 3.05) is 20.1 Å². The monoisotopic (exact) mass is 386 g/mol. The van der Waals surface area contributed by atoms with Crippen molar-refractivity contribution in [3.8, 4) is 27.8 Å². The first kappa shape index (κ1) is 17.4. The first-order valence-corrected chi connectivity index (χ1v) is 9.84. The molecule has 3 aromatic rings. The number of hydrogen-bond acceptors (Lipinski definition) is 6. The van der Waals surface area contributed by atoms with Gasteiger partial charge in [-0.1, -0.05) is 29.8 Å². The predicted molar refractivity (Wildman–Crippen MR) is 105 cm³/mol. The molecule has 1 aliphatic rings. The van der Waals surface area contributed by atoms with Crippen LogP contribution < -0.4 is 4.74 Å². The first-order valence-electron chi connectivity index (χ1n) is 8.59. The third-order valence-corrected chi connectivity index (χ3v) is 5.58. The zero-order chi connectivity index (χ0) is 17.9. The van der Waals surface area contributed by atoms with Gasteiger partial charge in [-0.3, -0.25) is 0 Å². The van der Waals surface area contributed by atoms with E-state index in [-0.39, 0.29) is 6.10 Å². The standard InChI is InChI=1S/C19H19ClN4OS/c1-24-10-8-15(9-11-24)25-19-17(13-4-6-14(20)7-5-13)22-23-18(21-19)16-3-2-12-26-16/h2-7,12,15H,8-11H2,1H3. The summed E-state index contributed by atoms with van der Waals surface area (Å²) in [6, 6.07) is 11.5. The van der Waals surface area contributed by atoms with Gasteiger partial charge in [-0.05, 0) is 43.5 Å². The van der Waals surface area contributed by atoms with Gasteiger partial charge in [0.1, 0.15) is 6.10 Å². The van der Waals surface area contributed by atoms with E-state index in [4.69, 9.17) is 21.3 Å². The van der Waals surface area contributed by atoms with Crippen LogP contribution in [-0.2, 0) is 0 Å². The van der Waals surface area contributed by atoms with Gasteiger partial charge in [0.15, 0.2) is 11.5 Å². The Morgan fingerprint density at radius 1 is 1.12 bits per heavy atom. The van der Waals surface area contributed by atoms with Crippen molar-refractivity contribution in [1.29, 1.82) is 0 Å². The van der Waals surface area contributed by atoms with Gasteiger partial charge in [0.2, 0.25) is 5.88 Å². The molecule has 1 fully saturated rings. The van der Waals surface area contributed by atoms with Gasteiger partial charge in [-0.15, -0.1) is 21.5 Å². The number of likely N-dealkylation sites (tertiary alicyclic amines) is 1. The van der Waals surface area contributed by atoms with Crippen LogP contribution in [0.4, 0.5) is 0 Å². The summed E-state index contributed by atoms with van der Waals surface area (Å²) in [6.45, 7) is 2.05. The van der Waals surface area contributed by atoms with Crippen LogP contribution in [0.1, 0.15) is 12.8 Å². The van der Waals surface area contributed by atoms with Crippen LogP contribution in [0.2, 0.25) is 5.02 Å². The Bertz CT molecular complexity index is 862. The van der Waals surface area contributed by atoms with Crippen molar-refractivity contribution in [3.63, 3.8) is 0 Å². The molecule has 0 spiro atoms. The van der Waals surface area contributed by atoms with E-state index in [9.17, 15) is 0 Å². The number of thiophene rings is 1. The van der Waals surface area contributed by atoms with Crippen molar-refractivity contribution >= 4 is 22.9 Å². The third-order valence-electron chi connectivity index (χ3n) is 4.46. The molecule has 5 nitrogen and oxygen atoms in total. The van der Waals surface area contributed by atoms with Gasteiger partial charge in [-0.2, -0.15) is 4.98 Å². The van der Waals surface area contributed by atoms with E-state index in [0.717, 1.165) is 36.4 Å². The van der Waals surface area contributed by atoms with Crippen molar-refractivity contribution < 1.29 is 4.74 Å². The van der Waals surface area contributed by atoms with Crippen LogP contribution in [0, 0.1) is 0 Å². The maximum atomic E-state index is 6.29. The van der Waals surface area contributed by atoms with Gasteiger partial charge in [0, 0.05) is 23.7 Å². The van der Waals surface area contributed by atoms with Crippen LogP contribution in [-0.4, -0.2) is 46.3 Å². The molecule has 1 saturated heterocycles. The van der Waals surface area contributed by atoms with Gasteiger partial charge in [0.25, 0.3) is 0 Å². The molecule has 26 heavy (non-hydrogen) atoms. The highest BCUT2D eigenvalue weighted by Crippen LogP contribution is 2.31. The number of rotatable bonds is 4. The van der Waals surface area contributed by atoms with E-state index in [0.29, 0.717) is 22.4 Å². The minimum absolute atomic E-state index is 0.144. The quantitative estimate of drug-likeness (QED) is 0.665.